The summed E-state index contributed by atoms with van der Waals surface area (Å²) in [5, 5.41) is 12.9. The van der Waals surface area contributed by atoms with Gasteiger partial charge < -0.3 is 15.2 Å². The second-order valence-corrected chi connectivity index (χ2v) is 6.51. The fourth-order valence-electron chi connectivity index (χ4n) is 3.47. The van der Waals surface area contributed by atoms with Crippen molar-refractivity contribution < 1.29 is 9.84 Å². The van der Waals surface area contributed by atoms with Crippen LogP contribution in [0.25, 0.3) is 0 Å². The molecule has 0 amide bonds. The Kier molecular flexibility index (Phi) is 3.81. The van der Waals surface area contributed by atoms with Gasteiger partial charge in [0, 0.05) is 36.6 Å². The summed E-state index contributed by atoms with van der Waals surface area (Å²) in [5.41, 5.74) is 0.231. The maximum Gasteiger partial charge on any atom is 0.0684 e. The summed E-state index contributed by atoms with van der Waals surface area (Å²) >= 11 is 0. The molecule has 17 heavy (non-hydrogen) atoms. The molecule has 0 aromatic carbocycles. The Morgan fingerprint density at radius 1 is 1.41 bits per heavy atom. The summed E-state index contributed by atoms with van der Waals surface area (Å²) in [6.07, 6.45) is 2.91. The molecule has 1 aliphatic heterocycles. The Bertz CT molecular complexity index is 267. The number of fused-ring (bicyclic) bond motifs is 1. The van der Waals surface area contributed by atoms with Crippen LogP contribution < -0.4 is 5.32 Å². The fourth-order valence-corrected chi connectivity index (χ4v) is 3.47. The standard InChI is InChI=1S/C14H27NO2/c1-9(8-16)10(2)15-12-11-6-5-7-17-13(11)14(12,3)4/h9-13,15-16H,5-8H2,1-4H3. The highest BCUT2D eigenvalue weighted by Crippen LogP contribution is 2.51. The average molecular weight is 241 g/mol. The number of hydrogen-bond donors (Lipinski definition) is 2. The molecule has 1 saturated carbocycles. The van der Waals surface area contributed by atoms with E-state index in [1.54, 1.807) is 0 Å². The molecule has 5 atom stereocenters. The van der Waals surface area contributed by atoms with E-state index in [2.05, 4.69) is 33.0 Å². The Labute approximate surface area is 105 Å². The van der Waals surface area contributed by atoms with Crippen LogP contribution >= 0.6 is 0 Å². The van der Waals surface area contributed by atoms with E-state index >= 15 is 0 Å². The second kappa shape index (κ2) is 4.87. The molecular formula is C14H27NO2. The fraction of sp³-hybridized carbons (Fsp3) is 1.00. The van der Waals surface area contributed by atoms with E-state index < -0.39 is 0 Å². The summed E-state index contributed by atoms with van der Waals surface area (Å²) in [7, 11) is 0. The van der Waals surface area contributed by atoms with E-state index in [1.165, 1.54) is 12.8 Å². The third-order valence-electron chi connectivity index (χ3n) is 4.92. The summed E-state index contributed by atoms with van der Waals surface area (Å²) in [4.78, 5) is 0. The van der Waals surface area contributed by atoms with Gasteiger partial charge in [-0.15, -0.1) is 0 Å². The Hall–Kier alpha value is -0.120. The molecule has 0 aromatic heterocycles. The number of hydrogen-bond acceptors (Lipinski definition) is 3. The van der Waals surface area contributed by atoms with Gasteiger partial charge in [0.1, 0.15) is 0 Å². The minimum atomic E-state index is 0.231. The highest BCUT2D eigenvalue weighted by molar-refractivity contribution is 5.10. The SMILES string of the molecule is CC(CO)C(C)NC1C2CCCOC2C1(C)C. The van der Waals surface area contributed by atoms with Gasteiger partial charge in [0.15, 0.2) is 0 Å². The minimum absolute atomic E-state index is 0.231. The average Bonchev–Trinajstić information content (AvgIpc) is 2.34. The molecule has 1 saturated heterocycles. The number of ether oxygens (including phenoxy) is 1. The maximum atomic E-state index is 9.21. The highest BCUT2D eigenvalue weighted by Gasteiger charge is 2.57. The highest BCUT2D eigenvalue weighted by atomic mass is 16.5. The Morgan fingerprint density at radius 3 is 2.76 bits per heavy atom. The van der Waals surface area contributed by atoms with Crippen LogP contribution in [-0.2, 0) is 4.74 Å². The monoisotopic (exact) mass is 241 g/mol. The van der Waals surface area contributed by atoms with Crippen LogP contribution in [0.5, 0.6) is 0 Å². The predicted octanol–water partition coefficient (Wildman–Crippen LogP) is 1.80. The summed E-state index contributed by atoms with van der Waals surface area (Å²) in [6, 6.07) is 0.906. The van der Waals surface area contributed by atoms with Crippen molar-refractivity contribution in [2.24, 2.45) is 17.3 Å². The van der Waals surface area contributed by atoms with E-state index in [1.807, 2.05) is 0 Å². The predicted molar refractivity (Wildman–Crippen MR) is 68.9 cm³/mol. The normalized spacial score (nSPS) is 39.0. The van der Waals surface area contributed by atoms with E-state index in [9.17, 15) is 5.11 Å². The van der Waals surface area contributed by atoms with Gasteiger partial charge in [-0.1, -0.05) is 20.8 Å². The lowest BCUT2D eigenvalue weighted by atomic mass is 9.55. The molecular weight excluding hydrogens is 214 g/mol. The third-order valence-corrected chi connectivity index (χ3v) is 4.92. The molecule has 1 heterocycles. The van der Waals surface area contributed by atoms with Crippen molar-refractivity contribution >= 4 is 0 Å². The lowest BCUT2D eigenvalue weighted by Crippen LogP contribution is -2.70. The lowest BCUT2D eigenvalue weighted by Gasteiger charge is -2.61. The van der Waals surface area contributed by atoms with Crippen LogP contribution in [-0.4, -0.2) is 36.5 Å². The Morgan fingerprint density at radius 2 is 2.12 bits per heavy atom. The smallest absolute Gasteiger partial charge is 0.0684 e. The zero-order valence-electron chi connectivity index (χ0n) is 11.6. The molecule has 2 fully saturated rings. The van der Waals surface area contributed by atoms with Gasteiger partial charge in [-0.05, 0) is 25.7 Å². The molecule has 0 radical (unpaired) electrons. The maximum absolute atomic E-state index is 9.21. The van der Waals surface area contributed by atoms with E-state index in [-0.39, 0.29) is 12.0 Å². The minimum Gasteiger partial charge on any atom is -0.396 e. The van der Waals surface area contributed by atoms with E-state index in [0.29, 0.717) is 30.0 Å². The molecule has 2 aliphatic rings. The first kappa shape index (κ1) is 13.3. The van der Waals surface area contributed by atoms with Crippen LogP contribution in [0, 0.1) is 17.3 Å². The molecule has 0 bridgehead atoms. The van der Waals surface area contributed by atoms with Gasteiger partial charge in [0.25, 0.3) is 0 Å². The largest absolute Gasteiger partial charge is 0.396 e. The van der Waals surface area contributed by atoms with Gasteiger partial charge in [0.05, 0.1) is 6.10 Å². The zero-order valence-corrected chi connectivity index (χ0v) is 11.6. The van der Waals surface area contributed by atoms with Crippen LogP contribution in [0.4, 0.5) is 0 Å². The molecule has 3 nitrogen and oxygen atoms in total. The van der Waals surface area contributed by atoms with Crippen LogP contribution in [0.15, 0.2) is 0 Å². The van der Waals surface area contributed by atoms with Crippen molar-refractivity contribution in [3.05, 3.63) is 0 Å². The summed E-state index contributed by atoms with van der Waals surface area (Å²) in [6.45, 7) is 10.1. The van der Waals surface area contributed by atoms with Crippen molar-refractivity contribution in [2.75, 3.05) is 13.2 Å². The summed E-state index contributed by atoms with van der Waals surface area (Å²) in [5.74, 6) is 0.987. The molecule has 3 heteroatoms. The van der Waals surface area contributed by atoms with Crippen LogP contribution in [0.1, 0.15) is 40.5 Å². The first-order valence-corrected chi connectivity index (χ1v) is 6.97. The first-order valence-electron chi connectivity index (χ1n) is 6.97. The topological polar surface area (TPSA) is 41.5 Å². The van der Waals surface area contributed by atoms with Crippen molar-refractivity contribution in [3.8, 4) is 0 Å². The molecule has 5 unspecified atom stereocenters. The molecule has 0 aromatic rings. The van der Waals surface area contributed by atoms with Crippen LogP contribution in [0.2, 0.25) is 0 Å². The second-order valence-electron chi connectivity index (χ2n) is 6.51. The van der Waals surface area contributed by atoms with Gasteiger partial charge in [0.2, 0.25) is 0 Å². The van der Waals surface area contributed by atoms with Crippen molar-refractivity contribution in [2.45, 2.75) is 58.7 Å². The van der Waals surface area contributed by atoms with E-state index in [0.717, 1.165) is 6.61 Å². The molecule has 0 spiro atoms. The first-order chi connectivity index (χ1) is 7.98. The molecule has 1 aliphatic carbocycles. The van der Waals surface area contributed by atoms with Gasteiger partial charge in [-0.25, -0.2) is 0 Å². The number of aliphatic hydroxyl groups is 1. The Balaban J connectivity index is 1.96. The van der Waals surface area contributed by atoms with Crippen molar-refractivity contribution in [1.82, 2.24) is 5.32 Å². The van der Waals surface area contributed by atoms with Crippen molar-refractivity contribution in [3.63, 3.8) is 0 Å². The molecule has 100 valence electrons. The van der Waals surface area contributed by atoms with Crippen molar-refractivity contribution in [1.29, 1.82) is 0 Å². The third kappa shape index (κ3) is 2.25. The van der Waals surface area contributed by atoms with Gasteiger partial charge in [-0.3, -0.25) is 0 Å². The number of rotatable bonds is 4. The van der Waals surface area contributed by atoms with Gasteiger partial charge >= 0.3 is 0 Å². The quantitative estimate of drug-likeness (QED) is 0.788. The zero-order chi connectivity index (χ0) is 12.6. The van der Waals surface area contributed by atoms with E-state index in [4.69, 9.17) is 4.74 Å². The molecule has 2 N–H and O–H groups in total. The van der Waals surface area contributed by atoms with Crippen LogP contribution in [0.3, 0.4) is 0 Å². The summed E-state index contributed by atoms with van der Waals surface area (Å²) < 4.78 is 5.90. The lowest BCUT2D eigenvalue weighted by molar-refractivity contribution is -0.195. The number of nitrogens with one attached hydrogen (secondary N) is 1. The number of aliphatic hydroxyl groups excluding tert-OH is 1. The van der Waals surface area contributed by atoms with Gasteiger partial charge in [-0.2, -0.15) is 0 Å². The molecule has 2 rings (SSSR count).